The molecule has 0 aromatic heterocycles. The molecule has 1 saturated heterocycles. The van der Waals surface area contributed by atoms with Crippen LogP contribution in [-0.2, 0) is 6.42 Å². The number of hydrogen-bond acceptors (Lipinski definition) is 3. The molecule has 0 saturated carbocycles. The van der Waals surface area contributed by atoms with E-state index in [1.54, 1.807) is 19.2 Å². The topological polar surface area (TPSA) is 44.8 Å². The number of amides is 2. The molecule has 5 nitrogen and oxygen atoms in total. The largest absolute Gasteiger partial charge is 0.497 e. The molecule has 26 heavy (non-hydrogen) atoms. The van der Waals surface area contributed by atoms with Crippen LogP contribution in [0.2, 0.25) is 5.02 Å². The predicted molar refractivity (Wildman–Crippen MR) is 105 cm³/mol. The average molecular weight is 374 g/mol. The number of benzene rings is 2. The van der Waals surface area contributed by atoms with Crippen molar-refractivity contribution in [1.82, 2.24) is 9.80 Å². The number of anilines is 1. The van der Waals surface area contributed by atoms with Gasteiger partial charge in [0.2, 0.25) is 0 Å². The summed E-state index contributed by atoms with van der Waals surface area (Å²) < 4.78 is 5.19. The lowest BCUT2D eigenvalue weighted by atomic mass is 10.1. The van der Waals surface area contributed by atoms with Gasteiger partial charge in [-0.15, -0.1) is 0 Å². The molecule has 3 rings (SSSR count). The Labute approximate surface area is 159 Å². The number of nitrogens with one attached hydrogen (secondary N) is 1. The maximum atomic E-state index is 12.4. The number of hydrogen-bond donors (Lipinski definition) is 1. The molecule has 0 radical (unpaired) electrons. The zero-order valence-electron chi connectivity index (χ0n) is 15.0. The molecule has 0 atom stereocenters. The number of ether oxygens (including phenoxy) is 1. The van der Waals surface area contributed by atoms with Crippen molar-refractivity contribution in [1.29, 1.82) is 0 Å². The summed E-state index contributed by atoms with van der Waals surface area (Å²) >= 11 is 5.87. The highest BCUT2D eigenvalue weighted by molar-refractivity contribution is 6.30. The van der Waals surface area contributed by atoms with E-state index in [0.29, 0.717) is 5.02 Å². The van der Waals surface area contributed by atoms with Crippen LogP contribution in [0.5, 0.6) is 5.75 Å². The molecule has 1 fully saturated rings. The Balaban J connectivity index is 1.41. The van der Waals surface area contributed by atoms with Gasteiger partial charge in [-0.2, -0.15) is 0 Å². The highest BCUT2D eigenvalue weighted by Crippen LogP contribution is 2.15. The lowest BCUT2D eigenvalue weighted by Crippen LogP contribution is -2.50. The molecule has 1 N–H and O–H groups in total. The van der Waals surface area contributed by atoms with Crippen LogP contribution in [0.25, 0.3) is 0 Å². The van der Waals surface area contributed by atoms with Crippen LogP contribution in [0.1, 0.15) is 5.56 Å². The van der Waals surface area contributed by atoms with Crippen LogP contribution in [0, 0.1) is 0 Å². The summed E-state index contributed by atoms with van der Waals surface area (Å²) in [5.74, 6) is 0.883. The maximum Gasteiger partial charge on any atom is 0.321 e. The first-order valence-electron chi connectivity index (χ1n) is 8.81. The predicted octanol–water partition coefficient (Wildman–Crippen LogP) is 3.74. The Bertz CT molecular complexity index is 711. The Morgan fingerprint density at radius 1 is 1.04 bits per heavy atom. The summed E-state index contributed by atoms with van der Waals surface area (Å²) in [6.07, 6.45) is 1.00. The molecule has 2 aromatic rings. The van der Waals surface area contributed by atoms with Gasteiger partial charge in [0.25, 0.3) is 0 Å². The summed E-state index contributed by atoms with van der Waals surface area (Å²) in [7, 11) is 1.68. The highest BCUT2D eigenvalue weighted by atomic mass is 35.5. The van der Waals surface area contributed by atoms with E-state index >= 15 is 0 Å². The number of nitrogens with zero attached hydrogens (tertiary/aromatic N) is 2. The second-order valence-electron chi connectivity index (χ2n) is 6.36. The van der Waals surface area contributed by atoms with Crippen LogP contribution >= 0.6 is 11.6 Å². The van der Waals surface area contributed by atoms with Gasteiger partial charge in [-0.1, -0.05) is 23.7 Å². The Kier molecular flexibility index (Phi) is 6.36. The standard InChI is InChI=1S/C20H24ClN3O2/c1-26-19-8-2-16(3-9-19)10-11-23-12-14-24(15-13-23)20(25)22-18-6-4-17(21)5-7-18/h2-9H,10-15H2,1H3,(H,22,25). The number of rotatable bonds is 5. The van der Waals surface area contributed by atoms with Crippen LogP contribution < -0.4 is 10.1 Å². The number of urea groups is 1. The maximum absolute atomic E-state index is 12.4. The Morgan fingerprint density at radius 3 is 2.31 bits per heavy atom. The van der Waals surface area contributed by atoms with E-state index in [9.17, 15) is 4.79 Å². The van der Waals surface area contributed by atoms with Gasteiger partial charge in [0.05, 0.1) is 7.11 Å². The molecule has 0 bridgehead atoms. The lowest BCUT2D eigenvalue weighted by molar-refractivity contribution is 0.148. The summed E-state index contributed by atoms with van der Waals surface area (Å²) in [5.41, 5.74) is 2.06. The number of halogens is 1. The first-order valence-corrected chi connectivity index (χ1v) is 9.18. The molecule has 1 aliphatic rings. The summed E-state index contributed by atoms with van der Waals surface area (Å²) in [5, 5.41) is 3.58. The fourth-order valence-electron chi connectivity index (χ4n) is 2.99. The van der Waals surface area contributed by atoms with Gasteiger partial charge in [-0.05, 0) is 48.4 Å². The summed E-state index contributed by atoms with van der Waals surface area (Å²) in [6.45, 7) is 4.26. The monoisotopic (exact) mass is 373 g/mol. The highest BCUT2D eigenvalue weighted by Gasteiger charge is 2.20. The van der Waals surface area contributed by atoms with Crippen LogP contribution in [-0.4, -0.2) is 55.7 Å². The zero-order valence-corrected chi connectivity index (χ0v) is 15.7. The van der Waals surface area contributed by atoms with E-state index in [1.807, 2.05) is 29.2 Å². The molecular formula is C20H24ClN3O2. The minimum atomic E-state index is -0.0536. The third-order valence-corrected chi connectivity index (χ3v) is 4.88. The molecule has 2 aromatic carbocycles. The van der Waals surface area contributed by atoms with Gasteiger partial charge < -0.3 is 15.0 Å². The van der Waals surface area contributed by atoms with Gasteiger partial charge in [0.1, 0.15) is 5.75 Å². The van der Waals surface area contributed by atoms with Crippen molar-refractivity contribution in [3.8, 4) is 5.75 Å². The van der Waals surface area contributed by atoms with E-state index < -0.39 is 0 Å². The average Bonchev–Trinajstić information content (AvgIpc) is 2.69. The fraction of sp³-hybridized carbons (Fsp3) is 0.350. The van der Waals surface area contributed by atoms with Crippen LogP contribution in [0.3, 0.4) is 0 Å². The molecule has 1 heterocycles. The molecule has 0 unspecified atom stereocenters. The number of carbonyl (C=O) groups is 1. The third kappa shape index (κ3) is 5.13. The molecule has 138 valence electrons. The van der Waals surface area contributed by atoms with E-state index in [-0.39, 0.29) is 6.03 Å². The van der Waals surface area contributed by atoms with Crippen molar-refractivity contribution < 1.29 is 9.53 Å². The van der Waals surface area contributed by atoms with Gasteiger partial charge in [0, 0.05) is 43.4 Å². The van der Waals surface area contributed by atoms with Crippen molar-refractivity contribution in [3.05, 3.63) is 59.1 Å². The van der Waals surface area contributed by atoms with Crippen molar-refractivity contribution in [2.24, 2.45) is 0 Å². The third-order valence-electron chi connectivity index (χ3n) is 4.63. The number of piperazine rings is 1. The first-order chi connectivity index (χ1) is 12.6. The fourth-order valence-corrected chi connectivity index (χ4v) is 3.12. The number of carbonyl (C=O) groups excluding carboxylic acids is 1. The SMILES string of the molecule is COc1ccc(CCN2CCN(C(=O)Nc3ccc(Cl)cc3)CC2)cc1. The molecule has 0 aliphatic carbocycles. The molecule has 2 amide bonds. The Morgan fingerprint density at radius 2 is 1.69 bits per heavy atom. The lowest BCUT2D eigenvalue weighted by Gasteiger charge is -2.34. The van der Waals surface area contributed by atoms with Gasteiger partial charge in [-0.25, -0.2) is 4.79 Å². The normalized spacial score (nSPS) is 14.9. The smallest absolute Gasteiger partial charge is 0.321 e. The quantitative estimate of drug-likeness (QED) is 0.868. The second kappa shape index (κ2) is 8.92. The van der Waals surface area contributed by atoms with Crippen LogP contribution in [0.15, 0.2) is 48.5 Å². The molecule has 6 heteroatoms. The van der Waals surface area contributed by atoms with Crippen molar-refractivity contribution >= 4 is 23.3 Å². The second-order valence-corrected chi connectivity index (χ2v) is 6.80. The zero-order chi connectivity index (χ0) is 18.4. The first kappa shape index (κ1) is 18.5. The van der Waals surface area contributed by atoms with Crippen molar-refractivity contribution in [2.75, 3.05) is 45.2 Å². The molecule has 1 aliphatic heterocycles. The molecular weight excluding hydrogens is 350 g/mol. The minimum Gasteiger partial charge on any atom is -0.497 e. The minimum absolute atomic E-state index is 0.0536. The van der Waals surface area contributed by atoms with Crippen molar-refractivity contribution in [3.63, 3.8) is 0 Å². The van der Waals surface area contributed by atoms with Gasteiger partial charge >= 0.3 is 6.03 Å². The van der Waals surface area contributed by atoms with Gasteiger partial charge in [0.15, 0.2) is 0 Å². The van der Waals surface area contributed by atoms with Crippen molar-refractivity contribution in [2.45, 2.75) is 6.42 Å². The van der Waals surface area contributed by atoms with E-state index in [0.717, 1.165) is 50.6 Å². The van der Waals surface area contributed by atoms with Gasteiger partial charge in [-0.3, -0.25) is 4.90 Å². The summed E-state index contributed by atoms with van der Waals surface area (Å²) in [6, 6.07) is 15.3. The van der Waals surface area contributed by atoms with E-state index in [2.05, 4.69) is 22.3 Å². The van der Waals surface area contributed by atoms with E-state index in [1.165, 1.54) is 5.56 Å². The number of methoxy groups -OCH3 is 1. The molecule has 0 spiro atoms. The Hall–Kier alpha value is -2.24. The van der Waals surface area contributed by atoms with E-state index in [4.69, 9.17) is 16.3 Å². The summed E-state index contributed by atoms with van der Waals surface area (Å²) in [4.78, 5) is 16.6. The van der Waals surface area contributed by atoms with Crippen LogP contribution in [0.4, 0.5) is 10.5 Å².